The van der Waals surface area contributed by atoms with Crippen LogP contribution >= 0.6 is 0 Å². The molecule has 0 heterocycles. The van der Waals surface area contributed by atoms with Crippen molar-refractivity contribution in [3.63, 3.8) is 0 Å². The first-order chi connectivity index (χ1) is 15.7. The maximum absolute atomic E-state index is 12.7. The second kappa shape index (κ2) is 10.8. The Kier molecular flexibility index (Phi) is 7.89. The lowest BCUT2D eigenvalue weighted by Gasteiger charge is -2.14. The number of halogens is 3. The molecule has 3 aromatic rings. The predicted octanol–water partition coefficient (Wildman–Crippen LogP) is 3.07. The number of nitrogens with one attached hydrogen (secondary N) is 2. The van der Waals surface area contributed by atoms with Crippen LogP contribution in [-0.4, -0.2) is 42.7 Å². The number of ether oxygens (including phenoxy) is 1. The minimum absolute atomic E-state index is 0.0455. The van der Waals surface area contributed by atoms with E-state index >= 15 is 0 Å². The standard InChI is InChI=1S/C24H23F3N2O4/c25-24(26,27)18-8-4-9-20(12-18)33-15-19(30)13-28-23(32)14-29-22(31)11-17-7-3-6-16-5-1-2-10-21(16)17/h1-10,12,19,30H,11,13-15H2,(H,28,32)(H,29,31). The monoisotopic (exact) mass is 460 g/mol. The molecule has 6 nitrogen and oxygen atoms in total. The van der Waals surface area contributed by atoms with Gasteiger partial charge in [-0.15, -0.1) is 0 Å². The van der Waals surface area contributed by atoms with Gasteiger partial charge in [-0.2, -0.15) is 13.2 Å². The molecule has 174 valence electrons. The van der Waals surface area contributed by atoms with Crippen LogP contribution in [0.4, 0.5) is 13.2 Å². The average molecular weight is 460 g/mol. The number of amides is 2. The SMILES string of the molecule is O=C(CNC(=O)Cc1cccc2ccccc12)NCC(O)COc1cccc(C(F)(F)F)c1. The van der Waals surface area contributed by atoms with E-state index < -0.39 is 23.8 Å². The number of fused-ring (bicyclic) bond motifs is 1. The van der Waals surface area contributed by atoms with Crippen LogP contribution in [0, 0.1) is 0 Å². The molecule has 1 atom stereocenters. The molecule has 0 aliphatic heterocycles. The lowest BCUT2D eigenvalue weighted by atomic mass is 10.0. The zero-order chi connectivity index (χ0) is 23.8. The van der Waals surface area contributed by atoms with Crippen LogP contribution < -0.4 is 15.4 Å². The van der Waals surface area contributed by atoms with Gasteiger partial charge >= 0.3 is 6.18 Å². The zero-order valence-electron chi connectivity index (χ0n) is 17.6. The van der Waals surface area contributed by atoms with Gasteiger partial charge in [0.05, 0.1) is 18.5 Å². The quantitative estimate of drug-likeness (QED) is 0.458. The highest BCUT2D eigenvalue weighted by Gasteiger charge is 2.30. The van der Waals surface area contributed by atoms with Crippen molar-refractivity contribution in [2.75, 3.05) is 19.7 Å². The molecule has 3 rings (SSSR count). The zero-order valence-corrected chi connectivity index (χ0v) is 17.6. The molecule has 0 aliphatic rings. The van der Waals surface area contributed by atoms with Crippen molar-refractivity contribution >= 4 is 22.6 Å². The summed E-state index contributed by atoms with van der Waals surface area (Å²) in [5.74, 6) is -0.884. The number of hydrogen-bond donors (Lipinski definition) is 3. The normalized spacial score (nSPS) is 12.2. The Morgan fingerprint density at radius 2 is 1.67 bits per heavy atom. The molecule has 33 heavy (non-hydrogen) atoms. The molecular weight excluding hydrogens is 437 g/mol. The van der Waals surface area contributed by atoms with E-state index in [0.29, 0.717) is 0 Å². The van der Waals surface area contributed by atoms with Crippen LogP contribution in [0.2, 0.25) is 0 Å². The van der Waals surface area contributed by atoms with Gasteiger partial charge in [0.25, 0.3) is 0 Å². The highest BCUT2D eigenvalue weighted by atomic mass is 19.4. The summed E-state index contributed by atoms with van der Waals surface area (Å²) in [7, 11) is 0. The highest BCUT2D eigenvalue weighted by Crippen LogP contribution is 2.31. The Morgan fingerprint density at radius 3 is 2.45 bits per heavy atom. The van der Waals surface area contributed by atoms with Gasteiger partial charge in [0.2, 0.25) is 11.8 Å². The highest BCUT2D eigenvalue weighted by molar-refractivity contribution is 5.91. The van der Waals surface area contributed by atoms with Crippen LogP contribution in [0.25, 0.3) is 10.8 Å². The molecule has 0 bridgehead atoms. The van der Waals surface area contributed by atoms with Gasteiger partial charge in [-0.3, -0.25) is 9.59 Å². The van der Waals surface area contributed by atoms with Crippen molar-refractivity contribution < 1.29 is 32.6 Å². The van der Waals surface area contributed by atoms with Gasteiger partial charge in [-0.25, -0.2) is 0 Å². The van der Waals surface area contributed by atoms with Crippen molar-refractivity contribution in [3.05, 3.63) is 77.9 Å². The first kappa shape index (κ1) is 24.1. The average Bonchev–Trinajstić information content (AvgIpc) is 2.80. The molecule has 3 aromatic carbocycles. The number of aliphatic hydroxyl groups excluding tert-OH is 1. The Morgan fingerprint density at radius 1 is 0.939 bits per heavy atom. The van der Waals surface area contributed by atoms with E-state index in [1.807, 2.05) is 42.5 Å². The Balaban J connectivity index is 1.39. The van der Waals surface area contributed by atoms with Crippen molar-refractivity contribution in [2.45, 2.75) is 18.7 Å². The van der Waals surface area contributed by atoms with Gasteiger partial charge in [0.15, 0.2) is 0 Å². The molecule has 0 fully saturated rings. The van der Waals surface area contributed by atoms with E-state index in [2.05, 4.69) is 10.6 Å². The number of aliphatic hydroxyl groups is 1. The van der Waals surface area contributed by atoms with E-state index in [-0.39, 0.29) is 37.8 Å². The fourth-order valence-electron chi connectivity index (χ4n) is 3.17. The summed E-state index contributed by atoms with van der Waals surface area (Å²) in [6, 6.07) is 17.6. The minimum Gasteiger partial charge on any atom is -0.491 e. The maximum Gasteiger partial charge on any atom is 0.416 e. The number of benzene rings is 3. The molecule has 9 heteroatoms. The Hall–Kier alpha value is -3.59. The molecule has 0 saturated carbocycles. The molecule has 0 aromatic heterocycles. The summed E-state index contributed by atoms with van der Waals surface area (Å²) < 4.78 is 43.3. The van der Waals surface area contributed by atoms with E-state index in [0.717, 1.165) is 28.5 Å². The lowest BCUT2D eigenvalue weighted by Crippen LogP contribution is -2.41. The van der Waals surface area contributed by atoms with E-state index in [4.69, 9.17) is 4.74 Å². The summed E-state index contributed by atoms with van der Waals surface area (Å²) >= 11 is 0. The predicted molar refractivity (Wildman–Crippen MR) is 117 cm³/mol. The number of carbonyl (C=O) groups excluding carboxylic acids is 2. The summed E-state index contributed by atoms with van der Waals surface area (Å²) in [6.07, 6.45) is -5.53. The van der Waals surface area contributed by atoms with Crippen molar-refractivity contribution in [1.82, 2.24) is 10.6 Å². The molecule has 0 spiro atoms. The van der Waals surface area contributed by atoms with Gasteiger partial charge in [-0.05, 0) is 34.5 Å². The van der Waals surface area contributed by atoms with Crippen LogP contribution in [0.3, 0.4) is 0 Å². The second-order valence-electron chi connectivity index (χ2n) is 7.39. The Bertz CT molecular complexity index is 1110. The molecule has 0 radical (unpaired) electrons. The van der Waals surface area contributed by atoms with Crippen LogP contribution in [0.5, 0.6) is 5.75 Å². The van der Waals surface area contributed by atoms with Crippen molar-refractivity contribution in [1.29, 1.82) is 0 Å². The molecular formula is C24H23F3N2O4. The smallest absolute Gasteiger partial charge is 0.416 e. The maximum atomic E-state index is 12.7. The van der Waals surface area contributed by atoms with Crippen molar-refractivity contribution in [3.8, 4) is 5.75 Å². The van der Waals surface area contributed by atoms with Gasteiger partial charge < -0.3 is 20.5 Å². The van der Waals surface area contributed by atoms with E-state index in [1.165, 1.54) is 12.1 Å². The van der Waals surface area contributed by atoms with E-state index in [9.17, 15) is 27.9 Å². The molecule has 3 N–H and O–H groups in total. The second-order valence-corrected chi connectivity index (χ2v) is 7.39. The minimum atomic E-state index is -4.50. The molecule has 1 unspecified atom stereocenters. The van der Waals surface area contributed by atoms with Gasteiger partial charge in [0, 0.05) is 6.54 Å². The fraction of sp³-hybridized carbons (Fsp3) is 0.250. The summed E-state index contributed by atoms with van der Waals surface area (Å²) in [5, 5.41) is 16.9. The number of alkyl halides is 3. The largest absolute Gasteiger partial charge is 0.491 e. The number of rotatable bonds is 9. The third kappa shape index (κ3) is 7.21. The topological polar surface area (TPSA) is 87.7 Å². The number of hydrogen-bond acceptors (Lipinski definition) is 4. The van der Waals surface area contributed by atoms with Crippen LogP contribution in [0.15, 0.2) is 66.7 Å². The lowest BCUT2D eigenvalue weighted by molar-refractivity contribution is -0.137. The van der Waals surface area contributed by atoms with Crippen LogP contribution in [0.1, 0.15) is 11.1 Å². The summed E-state index contributed by atoms with van der Waals surface area (Å²) in [5.41, 5.74) is -0.0183. The van der Waals surface area contributed by atoms with E-state index in [1.54, 1.807) is 0 Å². The van der Waals surface area contributed by atoms with Gasteiger partial charge in [-0.1, -0.05) is 48.5 Å². The molecule has 0 aliphatic carbocycles. The summed E-state index contributed by atoms with van der Waals surface area (Å²) in [4.78, 5) is 24.2. The fourth-order valence-corrected chi connectivity index (χ4v) is 3.17. The third-order valence-corrected chi connectivity index (χ3v) is 4.82. The number of carbonyl (C=O) groups is 2. The summed E-state index contributed by atoms with van der Waals surface area (Å²) in [6.45, 7) is -0.767. The third-order valence-electron chi connectivity index (χ3n) is 4.82. The first-order valence-electron chi connectivity index (χ1n) is 10.2. The molecule has 0 saturated heterocycles. The van der Waals surface area contributed by atoms with Gasteiger partial charge in [0.1, 0.15) is 18.5 Å². The van der Waals surface area contributed by atoms with Crippen LogP contribution in [-0.2, 0) is 22.2 Å². The Labute approximate surface area is 188 Å². The first-order valence-corrected chi connectivity index (χ1v) is 10.2. The van der Waals surface area contributed by atoms with Crippen molar-refractivity contribution in [2.24, 2.45) is 0 Å². The molecule has 2 amide bonds.